The van der Waals surface area contributed by atoms with Gasteiger partial charge in [-0.15, -0.1) is 0 Å². The fourth-order valence-electron chi connectivity index (χ4n) is 5.60. The van der Waals surface area contributed by atoms with E-state index in [4.69, 9.17) is 18.9 Å². The molecule has 0 spiro atoms. The van der Waals surface area contributed by atoms with Crippen LogP contribution in [-0.2, 0) is 27.1 Å². The topological polar surface area (TPSA) is 129 Å². The van der Waals surface area contributed by atoms with Gasteiger partial charge in [0, 0.05) is 17.8 Å². The van der Waals surface area contributed by atoms with Crippen LogP contribution >= 0.6 is 11.3 Å². The van der Waals surface area contributed by atoms with Gasteiger partial charge in [-0.25, -0.2) is 19.6 Å². The number of nitrogens with one attached hydrogen (secondary N) is 1. The van der Waals surface area contributed by atoms with Crippen LogP contribution in [0.1, 0.15) is 48.8 Å². The smallest absolute Gasteiger partial charge is 0.360 e. The fourth-order valence-corrected chi connectivity index (χ4v) is 6.45. The summed E-state index contributed by atoms with van der Waals surface area (Å²) in [6.45, 7) is 6.34. The Morgan fingerprint density at radius 1 is 0.920 bits per heavy atom. The molecule has 50 heavy (non-hydrogen) atoms. The Hall–Kier alpha value is -5.49. The number of ether oxygens (including phenoxy) is 4. The van der Waals surface area contributed by atoms with Gasteiger partial charge in [-0.3, -0.25) is 15.0 Å². The molecule has 1 aliphatic heterocycles. The number of carbonyl (C=O) groups excluding carboxylic acids is 3. The van der Waals surface area contributed by atoms with Crippen LogP contribution in [0.4, 0.5) is 15.6 Å². The first-order valence-electron chi connectivity index (χ1n) is 16.3. The first kappa shape index (κ1) is 34.4. The van der Waals surface area contributed by atoms with Crippen molar-refractivity contribution in [3.63, 3.8) is 0 Å². The summed E-state index contributed by atoms with van der Waals surface area (Å²) in [5, 5.41) is 3.50. The van der Waals surface area contributed by atoms with Crippen molar-refractivity contribution < 1.29 is 33.3 Å². The highest BCUT2D eigenvalue weighted by molar-refractivity contribution is 7.22. The maximum atomic E-state index is 13.5. The average molecular weight is 695 g/mol. The van der Waals surface area contributed by atoms with E-state index in [1.165, 1.54) is 18.4 Å². The number of pyridine rings is 1. The summed E-state index contributed by atoms with van der Waals surface area (Å²) in [5.74, 6) is -0.139. The lowest BCUT2D eigenvalue weighted by molar-refractivity contribution is -0.153. The van der Waals surface area contributed by atoms with Crippen molar-refractivity contribution in [2.45, 2.75) is 45.6 Å². The van der Waals surface area contributed by atoms with E-state index < -0.39 is 11.6 Å². The zero-order valence-electron chi connectivity index (χ0n) is 28.4. The van der Waals surface area contributed by atoms with Crippen molar-refractivity contribution in [1.82, 2.24) is 9.97 Å². The van der Waals surface area contributed by atoms with Gasteiger partial charge in [0.25, 0.3) is 0 Å². The molecule has 12 heteroatoms. The number of aryl methyl sites for hydroxylation is 1. The molecule has 0 unspecified atom stereocenters. The second-order valence-corrected chi connectivity index (χ2v) is 13.7. The molecule has 5 aromatic rings. The summed E-state index contributed by atoms with van der Waals surface area (Å²) in [7, 11) is 1.29. The third-order valence-electron chi connectivity index (χ3n) is 7.77. The van der Waals surface area contributed by atoms with Gasteiger partial charge in [-0.1, -0.05) is 47.7 Å². The summed E-state index contributed by atoms with van der Waals surface area (Å²) in [5.41, 5.74) is 4.15. The molecule has 0 aliphatic carbocycles. The Bertz CT molecular complexity index is 2000. The molecule has 3 heterocycles. The molecule has 2 amide bonds. The number of nitrogens with zero attached hydrogens (tertiary/aromatic N) is 3. The number of amides is 2. The van der Waals surface area contributed by atoms with E-state index in [9.17, 15) is 14.4 Å². The second-order valence-electron chi connectivity index (χ2n) is 12.7. The first-order valence-corrected chi connectivity index (χ1v) is 17.1. The van der Waals surface area contributed by atoms with Crippen molar-refractivity contribution in [1.29, 1.82) is 0 Å². The number of carbonyl (C=O) groups is 3. The molecule has 0 fully saturated rings. The van der Waals surface area contributed by atoms with Gasteiger partial charge < -0.3 is 18.9 Å². The highest BCUT2D eigenvalue weighted by Gasteiger charge is 2.25. The SMILES string of the molecule is COC(=O)c1nc(-c2ccc3c(c2)N(C(=O)Nc2nc4ccccc4s2)CCC3)ccc1OCCOc1cccc(CC(=O)OC(C)(C)C)c1. The zero-order chi connectivity index (χ0) is 35.3. The lowest BCUT2D eigenvalue weighted by atomic mass is 9.98. The molecule has 2 aromatic heterocycles. The van der Waals surface area contributed by atoms with Crippen LogP contribution in [0.3, 0.4) is 0 Å². The number of anilines is 2. The number of rotatable bonds is 10. The minimum atomic E-state index is -0.646. The summed E-state index contributed by atoms with van der Waals surface area (Å²) in [6, 6.07) is 24.0. The normalized spacial score (nSPS) is 12.6. The number of fused-ring (bicyclic) bond motifs is 2. The van der Waals surface area contributed by atoms with Crippen molar-refractivity contribution in [3.8, 4) is 22.8 Å². The van der Waals surface area contributed by atoms with Gasteiger partial charge in [-0.2, -0.15) is 0 Å². The Morgan fingerprint density at radius 3 is 2.54 bits per heavy atom. The first-order chi connectivity index (χ1) is 24.1. The van der Waals surface area contributed by atoms with Crippen molar-refractivity contribution in [2.75, 3.05) is 37.1 Å². The highest BCUT2D eigenvalue weighted by Crippen LogP contribution is 2.34. The Kier molecular flexibility index (Phi) is 10.3. The minimum absolute atomic E-state index is 0.0208. The van der Waals surface area contributed by atoms with E-state index in [2.05, 4.69) is 15.3 Å². The maximum Gasteiger partial charge on any atom is 0.360 e. The number of hydrogen-bond donors (Lipinski definition) is 1. The summed E-state index contributed by atoms with van der Waals surface area (Å²) < 4.78 is 23.2. The van der Waals surface area contributed by atoms with E-state index >= 15 is 0 Å². The zero-order valence-corrected chi connectivity index (χ0v) is 29.2. The summed E-state index contributed by atoms with van der Waals surface area (Å²) in [4.78, 5) is 49.4. The van der Waals surface area contributed by atoms with Crippen molar-refractivity contribution in [3.05, 3.63) is 95.7 Å². The number of thiazole rings is 1. The number of methoxy groups -OCH3 is 1. The van der Waals surface area contributed by atoms with E-state index in [-0.39, 0.29) is 43.1 Å². The number of esters is 2. The molecule has 0 saturated heterocycles. The Balaban J connectivity index is 1.13. The molecular weight excluding hydrogens is 657 g/mol. The van der Waals surface area contributed by atoms with Crippen LogP contribution in [0.5, 0.6) is 11.5 Å². The molecule has 0 radical (unpaired) electrons. The van der Waals surface area contributed by atoms with Crippen LogP contribution in [0.2, 0.25) is 0 Å². The molecule has 0 bridgehead atoms. The maximum absolute atomic E-state index is 13.5. The van der Waals surface area contributed by atoms with Crippen LogP contribution in [0.25, 0.3) is 21.5 Å². The van der Waals surface area contributed by atoms with Gasteiger partial charge in [0.05, 0.1) is 29.4 Å². The molecule has 1 N–H and O–H groups in total. The van der Waals surface area contributed by atoms with Crippen LogP contribution in [0.15, 0.2) is 78.9 Å². The lowest BCUT2D eigenvalue weighted by Gasteiger charge is -2.29. The predicted octanol–water partition coefficient (Wildman–Crippen LogP) is 7.47. The van der Waals surface area contributed by atoms with Gasteiger partial charge in [0.1, 0.15) is 24.6 Å². The van der Waals surface area contributed by atoms with Gasteiger partial charge in [-0.05, 0) is 87.2 Å². The van der Waals surface area contributed by atoms with E-state index in [1.807, 2.05) is 75.4 Å². The van der Waals surface area contributed by atoms with E-state index in [0.29, 0.717) is 23.1 Å². The van der Waals surface area contributed by atoms with Gasteiger partial charge in [0.2, 0.25) is 0 Å². The molecule has 3 aromatic carbocycles. The van der Waals surface area contributed by atoms with E-state index in [0.717, 1.165) is 45.4 Å². The summed E-state index contributed by atoms with van der Waals surface area (Å²) in [6.07, 6.45) is 1.80. The third kappa shape index (κ3) is 8.38. The molecule has 258 valence electrons. The molecule has 6 rings (SSSR count). The molecule has 1 aliphatic rings. The Morgan fingerprint density at radius 2 is 1.74 bits per heavy atom. The van der Waals surface area contributed by atoms with Crippen LogP contribution in [0, 0.1) is 0 Å². The highest BCUT2D eigenvalue weighted by atomic mass is 32.1. The largest absolute Gasteiger partial charge is 0.490 e. The van der Waals surface area contributed by atoms with Crippen molar-refractivity contribution in [2.24, 2.45) is 0 Å². The predicted molar refractivity (Wildman–Crippen MR) is 192 cm³/mol. The third-order valence-corrected chi connectivity index (χ3v) is 8.72. The molecular formula is C38H38N4O7S. The minimum Gasteiger partial charge on any atom is -0.490 e. The van der Waals surface area contributed by atoms with Gasteiger partial charge in [0.15, 0.2) is 16.6 Å². The number of aromatic nitrogens is 2. The van der Waals surface area contributed by atoms with Crippen LogP contribution in [-0.4, -0.2) is 60.4 Å². The lowest BCUT2D eigenvalue weighted by Crippen LogP contribution is -2.38. The molecule has 0 saturated carbocycles. The summed E-state index contributed by atoms with van der Waals surface area (Å²) >= 11 is 1.43. The number of para-hydroxylation sites is 1. The average Bonchev–Trinajstić information content (AvgIpc) is 3.51. The second kappa shape index (κ2) is 15.0. The molecule has 0 atom stereocenters. The fraction of sp³-hybridized carbons (Fsp3) is 0.289. The molecule has 11 nitrogen and oxygen atoms in total. The standard InChI is InChI=1S/C38H38N4O7S/c1-38(2,3)49-33(43)22-24-9-7-11-27(21-24)47-19-20-48-31-17-16-28(39-34(31)35(44)46-4)26-15-14-25-10-8-18-42(30(25)23-26)37(45)41-36-40-29-12-5-6-13-32(29)50-36/h5-7,9,11-17,21,23H,8,10,18-20,22H2,1-4H3,(H,40,41,45). The van der Waals surface area contributed by atoms with Crippen molar-refractivity contribution >= 4 is 50.3 Å². The quantitative estimate of drug-likeness (QED) is 0.117. The van der Waals surface area contributed by atoms with Gasteiger partial charge >= 0.3 is 18.0 Å². The van der Waals surface area contributed by atoms with E-state index in [1.54, 1.807) is 29.2 Å². The van der Waals surface area contributed by atoms with Crippen LogP contribution < -0.4 is 19.7 Å². The number of hydrogen-bond acceptors (Lipinski definition) is 10. The number of urea groups is 1. The Labute approximate surface area is 294 Å². The monoisotopic (exact) mass is 694 g/mol. The number of benzene rings is 3.